The number of alkyl halides is 2. The van der Waals surface area contributed by atoms with E-state index in [0.717, 1.165) is 6.92 Å². The van der Waals surface area contributed by atoms with Crippen LogP contribution in [0, 0.1) is 6.92 Å². The van der Waals surface area contributed by atoms with Gasteiger partial charge in [0.05, 0.1) is 11.7 Å². The molecule has 0 radical (unpaired) electrons. The smallest absolute Gasteiger partial charge is 0.272 e. The summed E-state index contributed by atoms with van der Waals surface area (Å²) in [6.45, 7) is 3.70. The minimum Gasteiger partial charge on any atom is -0.342 e. The van der Waals surface area contributed by atoms with Gasteiger partial charge in [0.25, 0.3) is 11.8 Å². The molecule has 1 amide bonds. The fourth-order valence-electron chi connectivity index (χ4n) is 0.917. The van der Waals surface area contributed by atoms with Gasteiger partial charge in [-0.2, -0.15) is 5.10 Å². The lowest BCUT2D eigenvalue weighted by Crippen LogP contribution is -2.44. The number of rotatable bonds is 3. The van der Waals surface area contributed by atoms with Gasteiger partial charge >= 0.3 is 0 Å². The van der Waals surface area contributed by atoms with Crippen molar-refractivity contribution in [2.24, 2.45) is 0 Å². The molecule has 0 aliphatic carbocycles. The lowest BCUT2D eigenvalue weighted by Gasteiger charge is -2.20. The summed E-state index contributed by atoms with van der Waals surface area (Å²) < 4.78 is 25.6. The van der Waals surface area contributed by atoms with Crippen LogP contribution in [0.3, 0.4) is 0 Å². The maximum atomic E-state index is 12.8. The quantitative estimate of drug-likeness (QED) is 0.855. The second-order valence-corrected chi connectivity index (χ2v) is 3.71. The zero-order valence-corrected chi connectivity index (χ0v) is 9.29. The van der Waals surface area contributed by atoms with Gasteiger partial charge in [-0.25, -0.2) is 8.78 Å². The maximum absolute atomic E-state index is 12.8. The summed E-state index contributed by atoms with van der Waals surface area (Å²) in [6, 6.07) is 1.79. The predicted octanol–water partition coefficient (Wildman–Crippen LogP) is 1.56. The molecule has 0 saturated carbocycles. The summed E-state index contributed by atoms with van der Waals surface area (Å²) in [6.07, 6.45) is 0. The van der Waals surface area contributed by atoms with Crippen molar-refractivity contribution in [2.45, 2.75) is 32.7 Å². The monoisotopic (exact) mass is 229 g/mol. The molecule has 6 heteroatoms. The Kier molecular flexibility index (Phi) is 3.51. The first-order chi connectivity index (χ1) is 7.30. The number of hydrogen-bond donors (Lipinski definition) is 1. The van der Waals surface area contributed by atoms with Gasteiger partial charge in [0.15, 0.2) is 5.69 Å². The SMILES string of the molecule is Cc1ccc(C(=O)N[C@@H](C)C(C)(F)F)nn1. The van der Waals surface area contributed by atoms with E-state index in [2.05, 4.69) is 15.5 Å². The van der Waals surface area contributed by atoms with Gasteiger partial charge in [-0.15, -0.1) is 5.10 Å². The van der Waals surface area contributed by atoms with Gasteiger partial charge < -0.3 is 5.32 Å². The summed E-state index contributed by atoms with van der Waals surface area (Å²) in [4.78, 5) is 11.5. The number of hydrogen-bond acceptors (Lipinski definition) is 3. The molecule has 1 N–H and O–H groups in total. The molecule has 0 fully saturated rings. The Hall–Kier alpha value is -1.59. The molecular formula is C10H13F2N3O. The van der Waals surface area contributed by atoms with Crippen LogP contribution in [0.15, 0.2) is 12.1 Å². The topological polar surface area (TPSA) is 54.9 Å². The predicted molar refractivity (Wildman–Crippen MR) is 54.3 cm³/mol. The molecule has 0 unspecified atom stereocenters. The second-order valence-electron chi connectivity index (χ2n) is 3.71. The molecular weight excluding hydrogens is 216 g/mol. The molecule has 1 aromatic heterocycles. The van der Waals surface area contributed by atoms with Crippen LogP contribution in [0.2, 0.25) is 0 Å². The van der Waals surface area contributed by atoms with Crippen molar-refractivity contribution < 1.29 is 13.6 Å². The van der Waals surface area contributed by atoms with Crippen molar-refractivity contribution in [1.29, 1.82) is 0 Å². The Morgan fingerprint density at radius 1 is 1.44 bits per heavy atom. The first-order valence-corrected chi connectivity index (χ1v) is 4.79. The normalized spacial score (nSPS) is 13.3. The van der Waals surface area contributed by atoms with Crippen LogP contribution in [-0.2, 0) is 0 Å². The fourth-order valence-corrected chi connectivity index (χ4v) is 0.917. The summed E-state index contributed by atoms with van der Waals surface area (Å²) in [5, 5.41) is 9.44. The van der Waals surface area contributed by atoms with Crippen molar-refractivity contribution in [1.82, 2.24) is 15.5 Å². The molecule has 1 aromatic rings. The van der Waals surface area contributed by atoms with Gasteiger partial charge in [0.2, 0.25) is 0 Å². The van der Waals surface area contributed by atoms with E-state index in [4.69, 9.17) is 0 Å². The fraction of sp³-hybridized carbons (Fsp3) is 0.500. The van der Waals surface area contributed by atoms with Crippen molar-refractivity contribution in [3.8, 4) is 0 Å². The number of nitrogens with zero attached hydrogens (tertiary/aromatic N) is 2. The zero-order chi connectivity index (χ0) is 12.3. The molecule has 88 valence electrons. The second kappa shape index (κ2) is 4.51. The molecule has 0 aliphatic heterocycles. The Labute approximate surface area is 92.1 Å². The number of halogens is 2. The van der Waals surface area contributed by atoms with Crippen molar-refractivity contribution in [2.75, 3.05) is 0 Å². The van der Waals surface area contributed by atoms with Crippen LogP contribution in [0.5, 0.6) is 0 Å². The van der Waals surface area contributed by atoms with E-state index < -0.39 is 17.9 Å². The third-order valence-corrected chi connectivity index (χ3v) is 2.14. The van der Waals surface area contributed by atoms with E-state index in [1.165, 1.54) is 13.0 Å². The van der Waals surface area contributed by atoms with Crippen LogP contribution in [0.4, 0.5) is 8.78 Å². The van der Waals surface area contributed by atoms with Crippen LogP contribution in [-0.4, -0.2) is 28.1 Å². The van der Waals surface area contributed by atoms with Crippen molar-refractivity contribution in [3.63, 3.8) is 0 Å². The van der Waals surface area contributed by atoms with Crippen LogP contribution in [0.1, 0.15) is 30.0 Å². The van der Waals surface area contributed by atoms with Crippen LogP contribution < -0.4 is 5.32 Å². The number of carbonyl (C=O) groups excluding carboxylic acids is 1. The number of carbonyl (C=O) groups is 1. The van der Waals surface area contributed by atoms with E-state index in [-0.39, 0.29) is 5.69 Å². The molecule has 0 bridgehead atoms. The average Bonchev–Trinajstić information content (AvgIpc) is 2.17. The molecule has 1 rings (SSSR count). The summed E-state index contributed by atoms with van der Waals surface area (Å²) >= 11 is 0. The lowest BCUT2D eigenvalue weighted by molar-refractivity contribution is -0.0109. The van der Waals surface area contributed by atoms with E-state index in [9.17, 15) is 13.6 Å². The molecule has 0 spiro atoms. The number of amides is 1. The Bertz CT molecular complexity index is 373. The van der Waals surface area contributed by atoms with E-state index in [1.54, 1.807) is 13.0 Å². The number of aromatic nitrogens is 2. The molecule has 1 heterocycles. The summed E-state index contributed by atoms with van der Waals surface area (Å²) in [5.41, 5.74) is 0.687. The first kappa shape index (κ1) is 12.5. The highest BCUT2D eigenvalue weighted by Gasteiger charge is 2.31. The molecule has 0 saturated heterocycles. The average molecular weight is 229 g/mol. The van der Waals surface area contributed by atoms with E-state index in [0.29, 0.717) is 5.69 Å². The largest absolute Gasteiger partial charge is 0.342 e. The van der Waals surface area contributed by atoms with E-state index >= 15 is 0 Å². The Morgan fingerprint density at radius 3 is 2.50 bits per heavy atom. The molecule has 16 heavy (non-hydrogen) atoms. The summed E-state index contributed by atoms with van der Waals surface area (Å²) in [5.74, 6) is -3.62. The van der Waals surface area contributed by atoms with Gasteiger partial charge in [-0.1, -0.05) is 0 Å². The number of aryl methyl sites for hydroxylation is 1. The lowest BCUT2D eigenvalue weighted by atomic mass is 10.2. The molecule has 0 aliphatic rings. The first-order valence-electron chi connectivity index (χ1n) is 4.79. The Balaban J connectivity index is 2.70. The minimum atomic E-state index is -2.96. The van der Waals surface area contributed by atoms with Crippen molar-refractivity contribution >= 4 is 5.91 Å². The maximum Gasteiger partial charge on any atom is 0.272 e. The van der Waals surface area contributed by atoms with Crippen LogP contribution in [0.25, 0.3) is 0 Å². The highest BCUT2D eigenvalue weighted by Crippen LogP contribution is 2.16. The minimum absolute atomic E-state index is 0.0294. The molecule has 4 nitrogen and oxygen atoms in total. The standard InChI is InChI=1S/C10H13F2N3O/c1-6-4-5-8(15-14-6)9(16)13-7(2)10(3,11)12/h4-5,7H,1-3H3,(H,13,16)/t7-/m0/s1. The third-order valence-electron chi connectivity index (χ3n) is 2.14. The molecule has 1 atom stereocenters. The Morgan fingerprint density at radius 2 is 2.06 bits per heavy atom. The summed E-state index contributed by atoms with van der Waals surface area (Å²) in [7, 11) is 0. The highest BCUT2D eigenvalue weighted by molar-refractivity contribution is 5.92. The third kappa shape index (κ3) is 3.22. The highest BCUT2D eigenvalue weighted by atomic mass is 19.3. The van der Waals surface area contributed by atoms with Crippen LogP contribution >= 0.6 is 0 Å². The van der Waals surface area contributed by atoms with Crippen molar-refractivity contribution in [3.05, 3.63) is 23.5 Å². The van der Waals surface area contributed by atoms with E-state index in [1.807, 2.05) is 0 Å². The van der Waals surface area contributed by atoms with Gasteiger partial charge in [0, 0.05) is 6.92 Å². The van der Waals surface area contributed by atoms with Gasteiger partial charge in [-0.05, 0) is 26.0 Å². The number of nitrogens with one attached hydrogen (secondary N) is 1. The molecule has 0 aromatic carbocycles. The zero-order valence-electron chi connectivity index (χ0n) is 9.29. The van der Waals surface area contributed by atoms with Gasteiger partial charge in [-0.3, -0.25) is 4.79 Å². The van der Waals surface area contributed by atoms with Gasteiger partial charge in [0.1, 0.15) is 0 Å².